The highest BCUT2D eigenvalue weighted by Crippen LogP contribution is 2.29. The number of halogens is 2. The summed E-state index contributed by atoms with van der Waals surface area (Å²) in [7, 11) is 0. The lowest BCUT2D eigenvalue weighted by Gasteiger charge is -2.29. The van der Waals surface area contributed by atoms with Gasteiger partial charge in [0, 0.05) is 17.3 Å². The Morgan fingerprint density at radius 1 is 1.18 bits per heavy atom. The van der Waals surface area contributed by atoms with Crippen LogP contribution in [-0.2, 0) is 11.2 Å². The largest absolute Gasteiger partial charge is 0.482 e. The summed E-state index contributed by atoms with van der Waals surface area (Å²) in [5.74, 6) is 0.392. The van der Waals surface area contributed by atoms with Crippen molar-refractivity contribution in [3.8, 4) is 5.75 Å². The van der Waals surface area contributed by atoms with E-state index in [1.165, 1.54) is 5.56 Å². The lowest BCUT2D eigenvalue weighted by Crippen LogP contribution is -2.38. The summed E-state index contributed by atoms with van der Waals surface area (Å²) in [5.41, 5.74) is 2.18. The van der Waals surface area contributed by atoms with Crippen LogP contribution in [0, 0.1) is 0 Å². The van der Waals surface area contributed by atoms with Crippen LogP contribution in [-0.4, -0.2) is 19.1 Å². The number of aryl methyl sites for hydroxylation is 1. The first kappa shape index (κ1) is 15.2. The molecule has 0 spiro atoms. The number of carbonyl (C=O) groups is 1. The third kappa shape index (κ3) is 3.21. The molecule has 1 aliphatic rings. The summed E-state index contributed by atoms with van der Waals surface area (Å²) < 4.78 is 5.54. The second-order valence-electron chi connectivity index (χ2n) is 5.14. The van der Waals surface area contributed by atoms with Crippen molar-refractivity contribution in [2.45, 2.75) is 12.8 Å². The van der Waals surface area contributed by atoms with Crippen molar-refractivity contribution in [3.63, 3.8) is 0 Å². The molecule has 114 valence electrons. The summed E-state index contributed by atoms with van der Waals surface area (Å²) in [4.78, 5) is 14.2. The third-order valence-electron chi connectivity index (χ3n) is 3.66. The number of nitrogens with zero attached hydrogens (tertiary/aromatic N) is 1. The van der Waals surface area contributed by atoms with E-state index >= 15 is 0 Å². The molecule has 0 aliphatic carbocycles. The van der Waals surface area contributed by atoms with Crippen molar-refractivity contribution >= 4 is 34.8 Å². The zero-order chi connectivity index (χ0) is 15.5. The minimum Gasteiger partial charge on any atom is -0.482 e. The Morgan fingerprint density at radius 2 is 2.00 bits per heavy atom. The number of anilines is 1. The second-order valence-corrected chi connectivity index (χ2v) is 5.98. The van der Waals surface area contributed by atoms with Gasteiger partial charge in [0.15, 0.2) is 6.61 Å². The highest BCUT2D eigenvalue weighted by Gasteiger charge is 2.22. The zero-order valence-corrected chi connectivity index (χ0v) is 13.4. The average molecular weight is 336 g/mol. The van der Waals surface area contributed by atoms with E-state index in [9.17, 15) is 4.79 Å². The maximum absolute atomic E-state index is 12.4. The van der Waals surface area contributed by atoms with E-state index in [2.05, 4.69) is 6.07 Å². The molecule has 5 heteroatoms. The van der Waals surface area contributed by atoms with Crippen LogP contribution in [0.1, 0.15) is 12.0 Å². The Hall–Kier alpha value is -1.71. The van der Waals surface area contributed by atoms with Gasteiger partial charge in [-0.3, -0.25) is 4.79 Å². The van der Waals surface area contributed by atoms with Crippen molar-refractivity contribution in [1.82, 2.24) is 0 Å². The summed E-state index contributed by atoms with van der Waals surface area (Å²) in [5, 5.41) is 0.938. The first-order chi connectivity index (χ1) is 10.6. The van der Waals surface area contributed by atoms with Crippen LogP contribution in [0.2, 0.25) is 10.0 Å². The normalized spacial score (nSPS) is 13.6. The van der Waals surface area contributed by atoms with Crippen LogP contribution >= 0.6 is 23.2 Å². The van der Waals surface area contributed by atoms with E-state index < -0.39 is 0 Å². The van der Waals surface area contributed by atoms with Gasteiger partial charge in [-0.1, -0.05) is 41.4 Å². The monoisotopic (exact) mass is 335 g/mol. The standard InChI is InChI=1S/C17H15Cl2NO2/c18-13-7-8-16(14(19)10-13)22-11-17(21)20-9-3-5-12-4-1-2-6-15(12)20/h1-2,4,6-8,10H,3,5,9,11H2. The molecular formula is C17H15Cl2NO2. The van der Waals surface area contributed by atoms with Gasteiger partial charge in [0.2, 0.25) is 0 Å². The van der Waals surface area contributed by atoms with E-state index in [1.807, 2.05) is 18.2 Å². The van der Waals surface area contributed by atoms with Gasteiger partial charge < -0.3 is 9.64 Å². The Morgan fingerprint density at radius 3 is 2.82 bits per heavy atom. The van der Waals surface area contributed by atoms with E-state index in [0.29, 0.717) is 22.3 Å². The van der Waals surface area contributed by atoms with Crippen LogP contribution in [0.3, 0.4) is 0 Å². The number of benzene rings is 2. The number of carbonyl (C=O) groups excluding carboxylic acids is 1. The Bertz CT molecular complexity index is 703. The first-order valence-corrected chi connectivity index (χ1v) is 7.87. The molecule has 0 unspecified atom stereocenters. The van der Waals surface area contributed by atoms with Gasteiger partial charge in [-0.25, -0.2) is 0 Å². The number of rotatable bonds is 3. The number of hydrogen-bond donors (Lipinski definition) is 0. The molecule has 3 rings (SSSR count). The van der Waals surface area contributed by atoms with Crippen molar-refractivity contribution in [2.24, 2.45) is 0 Å². The summed E-state index contributed by atoms with van der Waals surface area (Å²) in [6, 6.07) is 12.9. The van der Waals surface area contributed by atoms with Crippen molar-refractivity contribution in [2.75, 3.05) is 18.1 Å². The van der Waals surface area contributed by atoms with E-state index in [-0.39, 0.29) is 12.5 Å². The molecule has 3 nitrogen and oxygen atoms in total. The quantitative estimate of drug-likeness (QED) is 0.834. The van der Waals surface area contributed by atoms with Crippen LogP contribution in [0.15, 0.2) is 42.5 Å². The fourth-order valence-electron chi connectivity index (χ4n) is 2.60. The molecule has 0 saturated carbocycles. The zero-order valence-electron chi connectivity index (χ0n) is 11.9. The van der Waals surface area contributed by atoms with Gasteiger partial charge in [0.25, 0.3) is 5.91 Å². The Balaban J connectivity index is 1.70. The van der Waals surface area contributed by atoms with E-state index in [4.69, 9.17) is 27.9 Å². The molecule has 2 aromatic rings. The Kier molecular flexibility index (Phi) is 4.55. The number of fused-ring (bicyclic) bond motifs is 1. The van der Waals surface area contributed by atoms with Gasteiger partial charge in [-0.2, -0.15) is 0 Å². The van der Waals surface area contributed by atoms with Crippen molar-refractivity contribution in [3.05, 3.63) is 58.1 Å². The maximum Gasteiger partial charge on any atom is 0.264 e. The molecule has 0 atom stereocenters. The first-order valence-electron chi connectivity index (χ1n) is 7.11. The molecule has 22 heavy (non-hydrogen) atoms. The molecule has 2 aromatic carbocycles. The third-order valence-corrected chi connectivity index (χ3v) is 4.19. The average Bonchev–Trinajstić information content (AvgIpc) is 2.53. The molecular weight excluding hydrogens is 321 g/mol. The smallest absolute Gasteiger partial charge is 0.264 e. The molecule has 1 heterocycles. The van der Waals surface area contributed by atoms with Gasteiger partial charge in [0.05, 0.1) is 5.02 Å². The molecule has 1 aliphatic heterocycles. The van der Waals surface area contributed by atoms with Crippen molar-refractivity contribution in [1.29, 1.82) is 0 Å². The highest BCUT2D eigenvalue weighted by atomic mass is 35.5. The lowest BCUT2D eigenvalue weighted by atomic mass is 10.0. The maximum atomic E-state index is 12.4. The fraction of sp³-hybridized carbons (Fsp3) is 0.235. The highest BCUT2D eigenvalue weighted by molar-refractivity contribution is 6.35. The van der Waals surface area contributed by atoms with Crippen molar-refractivity contribution < 1.29 is 9.53 Å². The molecule has 0 N–H and O–H groups in total. The van der Waals surface area contributed by atoms with Crippen LogP contribution in [0.4, 0.5) is 5.69 Å². The number of ether oxygens (including phenoxy) is 1. The van der Waals surface area contributed by atoms with Crippen LogP contribution in [0.5, 0.6) is 5.75 Å². The molecule has 0 saturated heterocycles. The Labute approximate surface area is 139 Å². The molecule has 1 amide bonds. The summed E-state index contributed by atoms with van der Waals surface area (Å²) in [6.07, 6.45) is 1.97. The number of amides is 1. The summed E-state index contributed by atoms with van der Waals surface area (Å²) >= 11 is 11.9. The molecule has 0 bridgehead atoms. The van der Waals surface area contributed by atoms with Crippen LogP contribution in [0.25, 0.3) is 0 Å². The van der Waals surface area contributed by atoms with Crippen LogP contribution < -0.4 is 9.64 Å². The van der Waals surface area contributed by atoms with Gasteiger partial charge >= 0.3 is 0 Å². The molecule has 0 radical (unpaired) electrons. The lowest BCUT2D eigenvalue weighted by molar-refractivity contribution is -0.120. The topological polar surface area (TPSA) is 29.5 Å². The fourth-order valence-corrected chi connectivity index (χ4v) is 3.07. The molecule has 0 aromatic heterocycles. The number of hydrogen-bond acceptors (Lipinski definition) is 2. The summed E-state index contributed by atoms with van der Waals surface area (Å²) in [6.45, 7) is 0.670. The van der Waals surface area contributed by atoms with Gasteiger partial charge in [-0.05, 0) is 42.7 Å². The van der Waals surface area contributed by atoms with Gasteiger partial charge in [0.1, 0.15) is 5.75 Å². The molecule has 0 fully saturated rings. The van der Waals surface area contributed by atoms with Gasteiger partial charge in [-0.15, -0.1) is 0 Å². The SMILES string of the molecule is O=C(COc1ccc(Cl)cc1Cl)N1CCCc2ccccc21. The number of para-hydroxylation sites is 1. The second kappa shape index (κ2) is 6.59. The van der Waals surface area contributed by atoms with E-state index in [1.54, 1.807) is 23.1 Å². The minimum atomic E-state index is -0.0711. The van der Waals surface area contributed by atoms with E-state index in [0.717, 1.165) is 18.5 Å². The predicted octanol–water partition coefficient (Wildman–Crippen LogP) is 4.35. The minimum absolute atomic E-state index is 0.0459. The predicted molar refractivity (Wildman–Crippen MR) is 89.1 cm³/mol.